The molecule has 4 nitrogen and oxygen atoms in total. The molecule has 1 aromatic carbocycles. The first-order valence-electron chi connectivity index (χ1n) is 5.78. The van der Waals surface area contributed by atoms with E-state index in [2.05, 4.69) is 25.9 Å². The van der Waals surface area contributed by atoms with E-state index in [-0.39, 0.29) is 5.56 Å². The van der Waals surface area contributed by atoms with Crippen molar-refractivity contribution in [3.8, 4) is 0 Å². The molecule has 0 spiro atoms. The summed E-state index contributed by atoms with van der Waals surface area (Å²) in [5.41, 5.74) is 2.49. The molecule has 0 N–H and O–H groups in total. The molecule has 0 amide bonds. The third-order valence-corrected chi connectivity index (χ3v) is 3.29. The Bertz CT molecular complexity index is 798. The zero-order valence-corrected chi connectivity index (χ0v) is 11.5. The summed E-state index contributed by atoms with van der Waals surface area (Å²) < 4.78 is 2.60. The summed E-state index contributed by atoms with van der Waals surface area (Å²) in [5.74, 6) is 0. The maximum atomic E-state index is 12.0. The van der Waals surface area contributed by atoms with Crippen molar-refractivity contribution < 1.29 is 0 Å². The number of para-hydroxylation sites is 2. The second-order valence-corrected chi connectivity index (χ2v) is 5.10. The van der Waals surface area contributed by atoms with Gasteiger partial charge in [0.25, 0.3) is 5.56 Å². The van der Waals surface area contributed by atoms with Crippen LogP contribution < -0.4 is 5.56 Å². The molecule has 0 aliphatic heterocycles. The zero-order chi connectivity index (χ0) is 13.2. The van der Waals surface area contributed by atoms with Gasteiger partial charge in [-0.3, -0.25) is 9.78 Å². The van der Waals surface area contributed by atoms with Gasteiger partial charge in [-0.25, -0.2) is 4.98 Å². The van der Waals surface area contributed by atoms with Crippen molar-refractivity contribution in [1.29, 1.82) is 0 Å². The molecular weight excluding hydrogens is 306 g/mol. The molecule has 2 aromatic heterocycles. The summed E-state index contributed by atoms with van der Waals surface area (Å²) in [6.45, 7) is 0.480. The van der Waals surface area contributed by atoms with Crippen molar-refractivity contribution in [2.24, 2.45) is 0 Å². The lowest BCUT2D eigenvalue weighted by atomic mass is 10.2. The van der Waals surface area contributed by atoms with E-state index in [1.165, 1.54) is 6.20 Å². The molecule has 0 unspecified atom stereocenters. The lowest BCUT2D eigenvalue weighted by Gasteiger charge is -2.09. The fourth-order valence-electron chi connectivity index (χ4n) is 2.00. The van der Waals surface area contributed by atoms with Gasteiger partial charge < -0.3 is 4.57 Å². The first-order valence-corrected chi connectivity index (χ1v) is 6.57. The number of hydrogen-bond acceptors (Lipinski definition) is 3. The summed E-state index contributed by atoms with van der Waals surface area (Å²) in [7, 11) is 0. The number of aromatic nitrogens is 3. The van der Waals surface area contributed by atoms with Crippen LogP contribution in [0.4, 0.5) is 0 Å². The Morgan fingerprint density at radius 1 is 1.16 bits per heavy atom. The SMILES string of the molecule is O=c1cnc2ccccc2n1Cc1cncc(Br)c1. The Morgan fingerprint density at radius 3 is 2.84 bits per heavy atom. The van der Waals surface area contributed by atoms with Gasteiger partial charge in [0.2, 0.25) is 0 Å². The highest BCUT2D eigenvalue weighted by molar-refractivity contribution is 9.10. The molecular formula is C14H10BrN3O. The predicted octanol–water partition coefficient (Wildman–Crippen LogP) is 2.60. The first kappa shape index (κ1) is 12.0. The molecule has 0 radical (unpaired) electrons. The number of nitrogens with zero attached hydrogens (tertiary/aromatic N) is 3. The number of fused-ring (bicyclic) bond motifs is 1. The van der Waals surface area contributed by atoms with E-state index in [4.69, 9.17) is 0 Å². The molecule has 5 heteroatoms. The third-order valence-electron chi connectivity index (χ3n) is 2.85. The standard InChI is InChI=1S/C14H10BrN3O/c15-11-5-10(6-16-7-11)9-18-13-4-2-1-3-12(13)17-8-14(18)19/h1-8H,9H2. The molecule has 3 aromatic rings. The summed E-state index contributed by atoms with van der Waals surface area (Å²) in [5, 5.41) is 0. The van der Waals surface area contributed by atoms with Crippen molar-refractivity contribution in [1.82, 2.24) is 14.5 Å². The molecule has 2 heterocycles. The highest BCUT2D eigenvalue weighted by Gasteiger charge is 2.05. The maximum Gasteiger partial charge on any atom is 0.269 e. The number of rotatable bonds is 2. The first-order chi connectivity index (χ1) is 9.24. The second-order valence-electron chi connectivity index (χ2n) is 4.18. The molecule has 3 rings (SSSR count). The normalized spacial score (nSPS) is 10.8. The minimum Gasteiger partial charge on any atom is -0.301 e. The van der Waals surface area contributed by atoms with E-state index in [9.17, 15) is 4.79 Å². The van der Waals surface area contributed by atoms with Crippen LogP contribution in [0.5, 0.6) is 0 Å². The van der Waals surface area contributed by atoms with Gasteiger partial charge in [0.05, 0.1) is 23.8 Å². The summed E-state index contributed by atoms with van der Waals surface area (Å²) in [4.78, 5) is 20.2. The Hall–Kier alpha value is -2.01. The number of halogens is 1. The Labute approximate surface area is 117 Å². The number of hydrogen-bond donors (Lipinski definition) is 0. The second kappa shape index (κ2) is 4.93. The smallest absolute Gasteiger partial charge is 0.269 e. The summed E-state index contributed by atoms with van der Waals surface area (Å²) >= 11 is 3.38. The third kappa shape index (κ3) is 2.42. The van der Waals surface area contributed by atoms with Gasteiger partial charge in [-0.2, -0.15) is 0 Å². The topological polar surface area (TPSA) is 47.8 Å². The van der Waals surface area contributed by atoms with Crippen molar-refractivity contribution in [2.75, 3.05) is 0 Å². The molecule has 0 bridgehead atoms. The van der Waals surface area contributed by atoms with Crippen LogP contribution >= 0.6 is 15.9 Å². The molecule has 0 aliphatic carbocycles. The Morgan fingerprint density at radius 2 is 2.00 bits per heavy atom. The van der Waals surface area contributed by atoms with E-state index >= 15 is 0 Å². The van der Waals surface area contributed by atoms with Crippen LogP contribution in [-0.4, -0.2) is 14.5 Å². The van der Waals surface area contributed by atoms with Gasteiger partial charge in [0, 0.05) is 16.9 Å². The van der Waals surface area contributed by atoms with E-state index in [1.807, 2.05) is 30.3 Å². The van der Waals surface area contributed by atoms with Crippen LogP contribution in [0.1, 0.15) is 5.56 Å². The van der Waals surface area contributed by atoms with Crippen LogP contribution in [0.15, 0.2) is 58.2 Å². The molecule has 0 atom stereocenters. The van der Waals surface area contributed by atoms with Crippen molar-refractivity contribution in [3.05, 3.63) is 69.3 Å². The van der Waals surface area contributed by atoms with E-state index in [1.54, 1.807) is 17.0 Å². The van der Waals surface area contributed by atoms with Crippen LogP contribution in [0.2, 0.25) is 0 Å². The fourth-order valence-corrected chi connectivity index (χ4v) is 2.41. The van der Waals surface area contributed by atoms with Crippen LogP contribution in [0, 0.1) is 0 Å². The highest BCUT2D eigenvalue weighted by Crippen LogP contribution is 2.13. The van der Waals surface area contributed by atoms with Gasteiger partial charge in [-0.05, 0) is 39.7 Å². The molecule has 19 heavy (non-hydrogen) atoms. The van der Waals surface area contributed by atoms with Crippen LogP contribution in [0.25, 0.3) is 11.0 Å². The minimum atomic E-state index is -0.112. The van der Waals surface area contributed by atoms with Crippen LogP contribution in [-0.2, 0) is 6.54 Å². The average molecular weight is 316 g/mol. The minimum absolute atomic E-state index is 0.112. The average Bonchev–Trinajstić information content (AvgIpc) is 2.42. The monoisotopic (exact) mass is 315 g/mol. The lowest BCUT2D eigenvalue weighted by molar-refractivity contribution is 0.782. The molecule has 0 fully saturated rings. The van der Waals surface area contributed by atoms with Gasteiger partial charge in [0.15, 0.2) is 0 Å². The molecule has 0 saturated carbocycles. The quantitative estimate of drug-likeness (QED) is 0.730. The predicted molar refractivity (Wildman–Crippen MR) is 77.0 cm³/mol. The zero-order valence-electron chi connectivity index (χ0n) is 9.95. The molecule has 0 aliphatic rings. The van der Waals surface area contributed by atoms with Gasteiger partial charge in [-0.1, -0.05) is 12.1 Å². The maximum absolute atomic E-state index is 12.0. The van der Waals surface area contributed by atoms with Gasteiger partial charge in [-0.15, -0.1) is 0 Å². The van der Waals surface area contributed by atoms with Crippen molar-refractivity contribution in [2.45, 2.75) is 6.54 Å². The summed E-state index contributed by atoms with van der Waals surface area (Å²) in [6.07, 6.45) is 4.83. The highest BCUT2D eigenvalue weighted by atomic mass is 79.9. The Balaban J connectivity index is 2.14. The van der Waals surface area contributed by atoms with Crippen molar-refractivity contribution in [3.63, 3.8) is 0 Å². The van der Waals surface area contributed by atoms with E-state index in [0.717, 1.165) is 21.1 Å². The largest absolute Gasteiger partial charge is 0.301 e. The molecule has 0 saturated heterocycles. The van der Waals surface area contributed by atoms with Crippen molar-refractivity contribution >= 4 is 27.0 Å². The van der Waals surface area contributed by atoms with E-state index < -0.39 is 0 Å². The molecule has 94 valence electrons. The van der Waals surface area contributed by atoms with Gasteiger partial charge >= 0.3 is 0 Å². The van der Waals surface area contributed by atoms with E-state index in [0.29, 0.717) is 6.54 Å². The summed E-state index contributed by atoms with van der Waals surface area (Å²) in [6, 6.07) is 9.55. The number of benzene rings is 1. The number of pyridine rings is 1. The van der Waals surface area contributed by atoms with Crippen LogP contribution in [0.3, 0.4) is 0 Å². The lowest BCUT2D eigenvalue weighted by Crippen LogP contribution is -2.21. The Kier molecular flexibility index (Phi) is 3.13. The van der Waals surface area contributed by atoms with Gasteiger partial charge in [0.1, 0.15) is 0 Å². The fraction of sp³-hybridized carbons (Fsp3) is 0.0714.